The van der Waals surface area contributed by atoms with Crippen LogP contribution in [0, 0.1) is 17.2 Å². The van der Waals surface area contributed by atoms with Gasteiger partial charge >= 0.3 is 6.09 Å². The van der Waals surface area contributed by atoms with Gasteiger partial charge in [-0.2, -0.15) is 15.3 Å². The molecule has 0 unspecified atom stereocenters. The first kappa shape index (κ1) is 21.9. The molecule has 4 heterocycles. The highest BCUT2D eigenvalue weighted by Gasteiger charge is 2.48. The molecule has 176 valence electrons. The number of hydrogen-bond acceptors (Lipinski definition) is 7. The number of nitrogens with one attached hydrogen (secondary N) is 1. The molecule has 2 aliphatic rings. The molecule has 1 saturated carbocycles. The Labute approximate surface area is 196 Å². The average Bonchev–Trinajstić information content (AvgIpc) is 3.33. The fourth-order valence-electron chi connectivity index (χ4n) is 4.05. The molecule has 0 spiro atoms. The molecule has 2 amide bonds. The zero-order valence-electron chi connectivity index (χ0n) is 19.4. The SMILES string of the molecule is CC(C)(C)OC(=O)N1CC(CC#N)(n2cc(-c3cccc4nc(NC(=O)C5CC5)nn34)cn2)C1. The van der Waals surface area contributed by atoms with Crippen molar-refractivity contribution >= 4 is 23.6 Å². The Morgan fingerprint density at radius 2 is 2.06 bits per heavy atom. The van der Waals surface area contributed by atoms with Crippen molar-refractivity contribution in [1.82, 2.24) is 29.3 Å². The van der Waals surface area contributed by atoms with Crippen molar-refractivity contribution in [3.8, 4) is 17.3 Å². The maximum Gasteiger partial charge on any atom is 0.410 e. The van der Waals surface area contributed by atoms with Gasteiger partial charge in [0.05, 0.1) is 37.5 Å². The van der Waals surface area contributed by atoms with E-state index in [9.17, 15) is 14.9 Å². The van der Waals surface area contributed by atoms with Crippen LogP contribution in [-0.4, -0.2) is 60.0 Å². The Hall–Kier alpha value is -3.94. The fourth-order valence-corrected chi connectivity index (χ4v) is 4.05. The number of carbonyl (C=O) groups excluding carboxylic acids is 2. The number of hydrogen-bond donors (Lipinski definition) is 1. The van der Waals surface area contributed by atoms with Gasteiger partial charge in [-0.1, -0.05) is 6.07 Å². The highest BCUT2D eigenvalue weighted by molar-refractivity contribution is 5.92. The van der Waals surface area contributed by atoms with Crippen LogP contribution in [0.15, 0.2) is 30.6 Å². The van der Waals surface area contributed by atoms with Crippen molar-refractivity contribution in [2.24, 2.45) is 5.92 Å². The summed E-state index contributed by atoms with van der Waals surface area (Å²) < 4.78 is 8.86. The molecule has 34 heavy (non-hydrogen) atoms. The number of aromatic nitrogens is 5. The van der Waals surface area contributed by atoms with E-state index in [-0.39, 0.29) is 24.2 Å². The standard InChI is InChI=1S/C23H26N8O3/c1-22(2,3)34-21(33)29-13-23(14-29,9-10-24)30-12-16(11-25-30)17-5-4-6-18-26-20(28-31(17)18)27-19(32)15-7-8-15/h4-6,11-12,15H,7-9,13-14H2,1-3H3,(H,27,28,32). The molecule has 0 bridgehead atoms. The van der Waals surface area contributed by atoms with Gasteiger partial charge in [-0.3, -0.25) is 14.8 Å². The first-order valence-electron chi connectivity index (χ1n) is 11.2. The summed E-state index contributed by atoms with van der Waals surface area (Å²) in [7, 11) is 0. The van der Waals surface area contributed by atoms with Crippen LogP contribution in [0.1, 0.15) is 40.0 Å². The number of fused-ring (bicyclic) bond motifs is 1. The fraction of sp³-hybridized carbons (Fsp3) is 0.478. The lowest BCUT2D eigenvalue weighted by Gasteiger charge is -2.48. The van der Waals surface area contributed by atoms with Crippen molar-refractivity contribution in [3.63, 3.8) is 0 Å². The Bertz CT molecular complexity index is 1300. The normalized spacial score (nSPS) is 17.2. The zero-order valence-corrected chi connectivity index (χ0v) is 19.4. The first-order valence-corrected chi connectivity index (χ1v) is 11.2. The van der Waals surface area contributed by atoms with Crippen LogP contribution >= 0.6 is 0 Å². The molecule has 11 heteroatoms. The topological polar surface area (TPSA) is 130 Å². The van der Waals surface area contributed by atoms with Gasteiger partial charge in [0, 0.05) is 17.7 Å². The maximum atomic E-state index is 12.4. The number of ether oxygens (including phenoxy) is 1. The molecule has 11 nitrogen and oxygen atoms in total. The molecule has 3 aromatic rings. The number of carbonyl (C=O) groups is 2. The number of likely N-dealkylation sites (tertiary alicyclic amines) is 1. The van der Waals surface area contributed by atoms with Crippen LogP contribution in [0.3, 0.4) is 0 Å². The Kier molecular flexibility index (Phi) is 5.04. The third-order valence-electron chi connectivity index (χ3n) is 5.94. The number of nitrogens with zero attached hydrogens (tertiary/aromatic N) is 7. The van der Waals surface area contributed by atoms with E-state index in [1.165, 1.54) is 0 Å². The van der Waals surface area contributed by atoms with Crippen molar-refractivity contribution in [2.45, 2.75) is 51.2 Å². The van der Waals surface area contributed by atoms with Gasteiger partial charge in [0.15, 0.2) is 5.65 Å². The lowest BCUT2D eigenvalue weighted by molar-refractivity contribution is -0.117. The largest absolute Gasteiger partial charge is 0.444 e. The van der Waals surface area contributed by atoms with Crippen molar-refractivity contribution < 1.29 is 14.3 Å². The van der Waals surface area contributed by atoms with Gasteiger partial charge in [0.2, 0.25) is 11.9 Å². The van der Waals surface area contributed by atoms with Gasteiger partial charge in [-0.15, -0.1) is 5.10 Å². The summed E-state index contributed by atoms with van der Waals surface area (Å²) in [6.45, 7) is 6.13. The van der Waals surface area contributed by atoms with E-state index in [1.807, 2.05) is 45.2 Å². The lowest BCUT2D eigenvalue weighted by Crippen LogP contribution is -2.64. The molecule has 5 rings (SSSR count). The summed E-state index contributed by atoms with van der Waals surface area (Å²) in [6, 6.07) is 7.79. The monoisotopic (exact) mass is 462 g/mol. The van der Waals surface area contributed by atoms with Gasteiger partial charge in [0.1, 0.15) is 11.1 Å². The molecule has 2 fully saturated rings. The zero-order chi connectivity index (χ0) is 24.1. The van der Waals surface area contributed by atoms with Crippen LogP contribution < -0.4 is 5.32 Å². The second kappa shape index (κ2) is 7.83. The highest BCUT2D eigenvalue weighted by Crippen LogP contribution is 2.35. The molecular weight excluding hydrogens is 436 g/mol. The predicted octanol–water partition coefficient (Wildman–Crippen LogP) is 2.80. The predicted molar refractivity (Wildman–Crippen MR) is 122 cm³/mol. The minimum atomic E-state index is -0.621. The molecular formula is C23H26N8O3. The van der Waals surface area contributed by atoms with Gasteiger partial charge < -0.3 is 9.64 Å². The minimum absolute atomic E-state index is 0.0526. The quantitative estimate of drug-likeness (QED) is 0.617. The van der Waals surface area contributed by atoms with Crippen molar-refractivity contribution in [2.75, 3.05) is 18.4 Å². The summed E-state index contributed by atoms with van der Waals surface area (Å²) in [4.78, 5) is 30.5. The van der Waals surface area contributed by atoms with Crippen molar-refractivity contribution in [1.29, 1.82) is 5.26 Å². The minimum Gasteiger partial charge on any atom is -0.444 e. The van der Waals surface area contributed by atoms with Gasteiger partial charge in [-0.25, -0.2) is 9.31 Å². The first-order chi connectivity index (χ1) is 16.2. The molecule has 0 aromatic carbocycles. The number of amides is 2. The summed E-state index contributed by atoms with van der Waals surface area (Å²) in [5.74, 6) is 0.274. The Balaban J connectivity index is 1.38. The Morgan fingerprint density at radius 3 is 2.74 bits per heavy atom. The second-order valence-electron chi connectivity index (χ2n) is 9.95. The van der Waals surface area contributed by atoms with Crippen LogP contribution in [0.25, 0.3) is 16.9 Å². The summed E-state index contributed by atoms with van der Waals surface area (Å²) in [5.41, 5.74) is 0.922. The summed E-state index contributed by atoms with van der Waals surface area (Å²) >= 11 is 0. The molecule has 1 aliphatic heterocycles. The maximum absolute atomic E-state index is 12.4. The number of rotatable bonds is 5. The number of pyridine rings is 1. The highest BCUT2D eigenvalue weighted by atomic mass is 16.6. The van der Waals surface area contributed by atoms with Crippen LogP contribution in [0.2, 0.25) is 0 Å². The third kappa shape index (κ3) is 4.07. The molecule has 1 saturated heterocycles. The van der Waals surface area contributed by atoms with E-state index in [0.717, 1.165) is 24.1 Å². The summed E-state index contributed by atoms with van der Waals surface area (Å²) in [5, 5.41) is 21.2. The smallest absolute Gasteiger partial charge is 0.410 e. The molecule has 1 N–H and O–H groups in total. The number of nitriles is 1. The number of anilines is 1. The van der Waals surface area contributed by atoms with E-state index < -0.39 is 17.2 Å². The van der Waals surface area contributed by atoms with E-state index in [4.69, 9.17) is 4.74 Å². The third-order valence-corrected chi connectivity index (χ3v) is 5.94. The Morgan fingerprint density at radius 1 is 1.29 bits per heavy atom. The summed E-state index contributed by atoms with van der Waals surface area (Å²) in [6.07, 6.45) is 5.16. The molecule has 3 aromatic heterocycles. The van der Waals surface area contributed by atoms with E-state index in [1.54, 1.807) is 20.3 Å². The van der Waals surface area contributed by atoms with E-state index in [2.05, 4.69) is 26.6 Å². The van der Waals surface area contributed by atoms with Crippen molar-refractivity contribution in [3.05, 3.63) is 30.6 Å². The average molecular weight is 463 g/mol. The second-order valence-corrected chi connectivity index (χ2v) is 9.95. The molecule has 0 radical (unpaired) electrons. The van der Waals surface area contributed by atoms with E-state index >= 15 is 0 Å². The van der Waals surface area contributed by atoms with Crippen LogP contribution in [0.4, 0.5) is 10.7 Å². The molecule has 0 atom stereocenters. The van der Waals surface area contributed by atoms with Gasteiger partial charge in [0.25, 0.3) is 0 Å². The molecule has 1 aliphatic carbocycles. The van der Waals surface area contributed by atoms with Crippen LogP contribution in [-0.2, 0) is 15.1 Å². The van der Waals surface area contributed by atoms with Gasteiger partial charge in [-0.05, 0) is 45.7 Å². The van der Waals surface area contributed by atoms with Crippen LogP contribution in [0.5, 0.6) is 0 Å². The lowest BCUT2D eigenvalue weighted by atomic mass is 9.87. The van der Waals surface area contributed by atoms with E-state index in [0.29, 0.717) is 18.7 Å².